The summed E-state index contributed by atoms with van der Waals surface area (Å²) in [5, 5.41) is 0.657. The standard InChI is InChI=1S/C32H32ClN3O3S2/c1-2-16-34-18-20-35(21-19-34)17-3-22-38-27-14-8-26(9-15-27)36-31(37)30(41-32(36)40)23-24-4-10-28(11-5-24)39-29-12-6-25(33)7-13-29/h2,4-15,23H,1,3,16-22H2. The minimum Gasteiger partial charge on any atom is -0.494 e. The lowest BCUT2D eigenvalue weighted by Crippen LogP contribution is -2.46. The summed E-state index contributed by atoms with van der Waals surface area (Å²) in [5.41, 5.74) is 1.61. The highest BCUT2D eigenvalue weighted by Crippen LogP contribution is 2.37. The Bertz CT molecular complexity index is 1390. The number of halogens is 1. The van der Waals surface area contributed by atoms with Crippen molar-refractivity contribution in [3.05, 3.63) is 101 Å². The number of rotatable bonds is 11. The largest absolute Gasteiger partial charge is 0.494 e. The molecule has 0 spiro atoms. The van der Waals surface area contributed by atoms with Gasteiger partial charge in [0.15, 0.2) is 4.32 Å². The van der Waals surface area contributed by atoms with E-state index < -0.39 is 0 Å². The van der Waals surface area contributed by atoms with E-state index in [2.05, 4.69) is 16.4 Å². The molecule has 0 saturated carbocycles. The fourth-order valence-electron chi connectivity index (χ4n) is 4.66. The average Bonchev–Trinajstić information content (AvgIpc) is 3.26. The molecule has 0 radical (unpaired) electrons. The summed E-state index contributed by atoms with van der Waals surface area (Å²) in [7, 11) is 0. The van der Waals surface area contributed by atoms with E-state index in [9.17, 15) is 4.79 Å². The highest BCUT2D eigenvalue weighted by atomic mass is 35.5. The average molecular weight is 606 g/mol. The lowest BCUT2D eigenvalue weighted by Gasteiger charge is -2.34. The number of carbonyl (C=O) groups is 1. The maximum Gasteiger partial charge on any atom is 0.270 e. The van der Waals surface area contributed by atoms with Crippen molar-refractivity contribution in [1.82, 2.24) is 9.80 Å². The second kappa shape index (κ2) is 14.2. The van der Waals surface area contributed by atoms with Crippen LogP contribution < -0.4 is 14.4 Å². The number of carbonyl (C=O) groups excluding carboxylic acids is 1. The van der Waals surface area contributed by atoms with Gasteiger partial charge in [-0.15, -0.1) is 6.58 Å². The van der Waals surface area contributed by atoms with Gasteiger partial charge >= 0.3 is 0 Å². The lowest BCUT2D eigenvalue weighted by atomic mass is 10.2. The first-order chi connectivity index (χ1) is 20.0. The second-order valence-corrected chi connectivity index (χ2v) is 11.9. The molecule has 6 nitrogen and oxygen atoms in total. The van der Waals surface area contributed by atoms with Gasteiger partial charge in [0.2, 0.25) is 0 Å². The van der Waals surface area contributed by atoms with Crippen LogP contribution in [0.2, 0.25) is 5.02 Å². The first-order valence-corrected chi connectivity index (χ1v) is 15.2. The summed E-state index contributed by atoms with van der Waals surface area (Å²) in [4.78, 5) is 20.3. The van der Waals surface area contributed by atoms with Crippen LogP contribution in [0.15, 0.2) is 90.4 Å². The van der Waals surface area contributed by atoms with Crippen molar-refractivity contribution in [3.63, 3.8) is 0 Å². The summed E-state index contributed by atoms with van der Waals surface area (Å²) in [6, 6.07) is 22.3. The zero-order valence-corrected chi connectivity index (χ0v) is 25.1. The molecule has 0 unspecified atom stereocenters. The molecular weight excluding hydrogens is 574 g/mol. The first kappa shape index (κ1) is 29.4. The molecule has 5 rings (SSSR count). The monoisotopic (exact) mass is 605 g/mol. The molecule has 41 heavy (non-hydrogen) atoms. The van der Waals surface area contributed by atoms with Crippen LogP contribution in [-0.2, 0) is 4.79 Å². The van der Waals surface area contributed by atoms with Gasteiger partial charge < -0.3 is 14.4 Å². The van der Waals surface area contributed by atoms with Gasteiger partial charge in [0.05, 0.1) is 17.2 Å². The van der Waals surface area contributed by atoms with E-state index in [0.29, 0.717) is 32.4 Å². The van der Waals surface area contributed by atoms with E-state index in [1.807, 2.05) is 72.8 Å². The predicted octanol–water partition coefficient (Wildman–Crippen LogP) is 7.11. The molecule has 3 aromatic rings. The summed E-state index contributed by atoms with van der Waals surface area (Å²) in [6.45, 7) is 10.8. The molecule has 2 aliphatic heterocycles. The maximum atomic E-state index is 13.2. The van der Waals surface area contributed by atoms with Gasteiger partial charge in [-0.1, -0.05) is 53.8 Å². The molecule has 2 aliphatic rings. The smallest absolute Gasteiger partial charge is 0.270 e. The number of nitrogens with zero attached hydrogens (tertiary/aromatic N) is 3. The van der Waals surface area contributed by atoms with Gasteiger partial charge in [0.1, 0.15) is 17.2 Å². The molecule has 9 heteroatoms. The predicted molar refractivity (Wildman–Crippen MR) is 173 cm³/mol. The zero-order chi connectivity index (χ0) is 28.6. The van der Waals surface area contributed by atoms with E-state index in [1.165, 1.54) is 11.8 Å². The Morgan fingerprint density at radius 1 is 0.878 bits per heavy atom. The van der Waals surface area contributed by atoms with Crippen molar-refractivity contribution in [1.29, 1.82) is 0 Å². The van der Waals surface area contributed by atoms with Gasteiger partial charge in [-0.2, -0.15) is 0 Å². The molecule has 212 valence electrons. The van der Waals surface area contributed by atoms with Gasteiger partial charge in [0.25, 0.3) is 5.91 Å². The van der Waals surface area contributed by atoms with Crippen molar-refractivity contribution >= 4 is 57.6 Å². The molecule has 2 saturated heterocycles. The number of benzene rings is 3. The topological polar surface area (TPSA) is 45.2 Å². The van der Waals surface area contributed by atoms with E-state index in [1.54, 1.807) is 17.0 Å². The summed E-state index contributed by atoms with van der Waals surface area (Å²) in [5.74, 6) is 2.05. The number of piperazine rings is 1. The van der Waals surface area contributed by atoms with Crippen LogP contribution in [-0.4, -0.2) is 65.9 Å². The Morgan fingerprint density at radius 2 is 1.49 bits per heavy atom. The minimum atomic E-state index is -0.136. The molecule has 0 aliphatic carbocycles. The number of hydrogen-bond donors (Lipinski definition) is 0. The second-order valence-electron chi connectivity index (χ2n) is 9.77. The highest BCUT2D eigenvalue weighted by molar-refractivity contribution is 8.27. The Kier molecular flexibility index (Phi) is 10.1. The number of thioether (sulfide) groups is 1. The summed E-state index contributed by atoms with van der Waals surface area (Å²) >= 11 is 12.8. The molecule has 2 fully saturated rings. The van der Waals surface area contributed by atoms with E-state index in [-0.39, 0.29) is 5.91 Å². The Balaban J connectivity index is 1.11. The van der Waals surface area contributed by atoms with Crippen LogP contribution in [0.3, 0.4) is 0 Å². The number of amides is 1. The minimum absolute atomic E-state index is 0.136. The Morgan fingerprint density at radius 3 is 2.15 bits per heavy atom. The fraction of sp³-hybridized carbons (Fsp3) is 0.250. The number of anilines is 1. The normalized spacial score (nSPS) is 17.3. The summed E-state index contributed by atoms with van der Waals surface area (Å²) in [6.07, 6.45) is 4.79. The van der Waals surface area contributed by atoms with Crippen molar-refractivity contribution in [2.24, 2.45) is 0 Å². The van der Waals surface area contributed by atoms with Crippen molar-refractivity contribution < 1.29 is 14.3 Å². The molecule has 0 N–H and O–H groups in total. The number of ether oxygens (including phenoxy) is 2. The number of hydrogen-bond acceptors (Lipinski definition) is 7. The third-order valence-electron chi connectivity index (χ3n) is 6.86. The van der Waals surface area contributed by atoms with Crippen LogP contribution in [0, 0.1) is 0 Å². The van der Waals surface area contributed by atoms with Gasteiger partial charge in [-0.05, 0) is 78.7 Å². The Labute approximate surface area is 256 Å². The molecule has 0 bridgehead atoms. The summed E-state index contributed by atoms with van der Waals surface area (Å²) < 4.78 is 12.3. The fourth-order valence-corrected chi connectivity index (χ4v) is 6.09. The molecule has 0 aromatic heterocycles. The molecular formula is C32H32ClN3O3S2. The van der Waals surface area contributed by atoms with E-state index >= 15 is 0 Å². The molecule has 1 amide bonds. The zero-order valence-electron chi connectivity index (χ0n) is 22.7. The third kappa shape index (κ3) is 7.99. The van der Waals surface area contributed by atoms with E-state index in [0.717, 1.165) is 62.7 Å². The third-order valence-corrected chi connectivity index (χ3v) is 8.41. The van der Waals surface area contributed by atoms with Gasteiger partial charge in [-0.25, -0.2) is 0 Å². The van der Waals surface area contributed by atoms with Crippen LogP contribution in [0.1, 0.15) is 12.0 Å². The number of thiocarbonyl (C=S) groups is 1. The van der Waals surface area contributed by atoms with Crippen LogP contribution in [0.25, 0.3) is 6.08 Å². The van der Waals surface area contributed by atoms with Crippen LogP contribution in [0.4, 0.5) is 5.69 Å². The molecule has 3 aromatic carbocycles. The van der Waals surface area contributed by atoms with Gasteiger partial charge in [-0.3, -0.25) is 14.6 Å². The Hall–Kier alpha value is -3.14. The quantitative estimate of drug-likeness (QED) is 0.0999. The lowest BCUT2D eigenvalue weighted by molar-refractivity contribution is -0.113. The molecule has 2 heterocycles. The first-order valence-electron chi connectivity index (χ1n) is 13.6. The highest BCUT2D eigenvalue weighted by Gasteiger charge is 2.33. The molecule has 0 atom stereocenters. The van der Waals surface area contributed by atoms with E-state index in [4.69, 9.17) is 33.3 Å². The van der Waals surface area contributed by atoms with Crippen molar-refractivity contribution in [2.75, 3.05) is 50.8 Å². The van der Waals surface area contributed by atoms with Crippen molar-refractivity contribution in [2.45, 2.75) is 6.42 Å². The van der Waals surface area contributed by atoms with Gasteiger partial charge in [0, 0.05) is 44.3 Å². The van der Waals surface area contributed by atoms with Crippen molar-refractivity contribution in [3.8, 4) is 17.2 Å². The van der Waals surface area contributed by atoms with Crippen LogP contribution >= 0.6 is 35.6 Å². The maximum absolute atomic E-state index is 13.2. The SMILES string of the molecule is C=CCN1CCN(CCCOc2ccc(N3C(=O)C(=Cc4ccc(Oc5ccc(Cl)cc5)cc4)SC3=S)cc2)CC1. The van der Waals surface area contributed by atoms with Crippen LogP contribution in [0.5, 0.6) is 17.2 Å².